The van der Waals surface area contributed by atoms with Gasteiger partial charge in [-0.15, -0.1) is 23.5 Å². The number of amides is 2. The molecule has 10 nitrogen and oxygen atoms in total. The van der Waals surface area contributed by atoms with Crippen LogP contribution in [0.15, 0.2) is 112 Å². The first-order valence-electron chi connectivity index (χ1n) is 14.7. The van der Waals surface area contributed by atoms with Gasteiger partial charge in [-0.2, -0.15) is 0 Å². The third kappa shape index (κ3) is 7.39. The van der Waals surface area contributed by atoms with Crippen molar-refractivity contribution in [2.75, 3.05) is 25.7 Å². The molecular weight excluding hydrogens is 639 g/mol. The van der Waals surface area contributed by atoms with Crippen molar-refractivity contribution in [1.82, 2.24) is 15.4 Å². The third-order valence-corrected chi connectivity index (χ3v) is 9.83. The summed E-state index contributed by atoms with van der Waals surface area (Å²) in [7, 11) is 3.18. The van der Waals surface area contributed by atoms with Gasteiger partial charge in [-0.1, -0.05) is 41.6 Å². The first-order chi connectivity index (χ1) is 22.9. The maximum Gasteiger partial charge on any atom is 0.355 e. The number of aromatic nitrogens is 1. The molecule has 0 saturated carbocycles. The molecule has 2 atom stereocenters. The Morgan fingerprint density at radius 2 is 1.70 bits per heavy atom. The number of ether oxygens (including phenoxy) is 3. The zero-order chi connectivity index (χ0) is 32.8. The quantitative estimate of drug-likeness (QED) is 0.117. The van der Waals surface area contributed by atoms with Crippen molar-refractivity contribution in [3.05, 3.63) is 114 Å². The highest BCUT2D eigenvalue weighted by molar-refractivity contribution is 8.00. The van der Waals surface area contributed by atoms with Crippen molar-refractivity contribution in [3.8, 4) is 22.8 Å². The summed E-state index contributed by atoms with van der Waals surface area (Å²) < 4.78 is 21.7. The molecule has 1 saturated heterocycles. The summed E-state index contributed by atoms with van der Waals surface area (Å²) in [5.74, 6) is 1.20. The molecule has 1 fully saturated rings. The maximum absolute atomic E-state index is 13.6. The van der Waals surface area contributed by atoms with E-state index in [0.29, 0.717) is 28.5 Å². The Hall–Kier alpha value is -4.94. The van der Waals surface area contributed by atoms with Gasteiger partial charge in [0.1, 0.15) is 40.9 Å². The molecule has 4 aromatic rings. The summed E-state index contributed by atoms with van der Waals surface area (Å²) in [4.78, 5) is 42.2. The van der Waals surface area contributed by atoms with E-state index in [2.05, 4.69) is 10.5 Å². The number of allylic oxidation sites excluding steroid dienone is 1. The molecule has 0 unspecified atom stereocenters. The topological polar surface area (TPSA) is 120 Å². The average Bonchev–Trinajstić information content (AvgIpc) is 3.60. The summed E-state index contributed by atoms with van der Waals surface area (Å²) in [6.07, 6.45) is 3.44. The molecule has 47 heavy (non-hydrogen) atoms. The molecule has 6 rings (SSSR count). The first-order valence-corrected chi connectivity index (χ1v) is 16.7. The summed E-state index contributed by atoms with van der Waals surface area (Å²) >= 11 is 2.86. The van der Waals surface area contributed by atoms with E-state index in [1.54, 1.807) is 56.7 Å². The first kappa shape index (κ1) is 32.0. The number of hydrogen-bond donors (Lipinski definition) is 1. The minimum atomic E-state index is -0.750. The molecule has 240 valence electrons. The van der Waals surface area contributed by atoms with Crippen LogP contribution in [0.5, 0.6) is 11.5 Å². The van der Waals surface area contributed by atoms with Gasteiger partial charge >= 0.3 is 5.97 Å². The van der Waals surface area contributed by atoms with Gasteiger partial charge in [-0.25, -0.2) is 4.79 Å². The van der Waals surface area contributed by atoms with Gasteiger partial charge in [0.05, 0.1) is 20.0 Å². The van der Waals surface area contributed by atoms with Gasteiger partial charge < -0.3 is 24.1 Å². The van der Waals surface area contributed by atoms with E-state index in [1.807, 2.05) is 54.6 Å². The Morgan fingerprint density at radius 1 is 1.00 bits per heavy atom. The van der Waals surface area contributed by atoms with E-state index in [-0.39, 0.29) is 29.9 Å². The van der Waals surface area contributed by atoms with Crippen LogP contribution in [0.1, 0.15) is 11.3 Å². The van der Waals surface area contributed by atoms with E-state index < -0.39 is 17.4 Å². The van der Waals surface area contributed by atoms with Crippen LogP contribution in [-0.4, -0.2) is 65.0 Å². The van der Waals surface area contributed by atoms with Crippen LogP contribution in [0.4, 0.5) is 0 Å². The number of esters is 1. The van der Waals surface area contributed by atoms with Gasteiger partial charge in [0, 0.05) is 22.3 Å². The Labute approximate surface area is 280 Å². The number of hydrogen-bond acceptors (Lipinski definition) is 10. The number of benzene rings is 3. The second kappa shape index (κ2) is 14.7. The van der Waals surface area contributed by atoms with Crippen LogP contribution in [0.2, 0.25) is 0 Å². The molecule has 12 heteroatoms. The van der Waals surface area contributed by atoms with Gasteiger partial charge in [0.15, 0.2) is 5.76 Å². The van der Waals surface area contributed by atoms with Crippen LogP contribution >= 0.6 is 23.5 Å². The number of rotatable bonds is 12. The van der Waals surface area contributed by atoms with Gasteiger partial charge in [-0.05, 0) is 65.7 Å². The molecule has 2 aliphatic heterocycles. The maximum atomic E-state index is 13.6. The minimum Gasteiger partial charge on any atom is -0.497 e. The lowest BCUT2D eigenvalue weighted by Crippen LogP contribution is -2.70. The van der Waals surface area contributed by atoms with Crippen molar-refractivity contribution in [2.45, 2.75) is 22.9 Å². The minimum absolute atomic E-state index is 0.00730. The van der Waals surface area contributed by atoms with E-state index in [1.165, 1.54) is 28.4 Å². The molecule has 3 heterocycles. The van der Waals surface area contributed by atoms with E-state index in [0.717, 1.165) is 21.8 Å². The average molecular weight is 670 g/mol. The molecule has 0 aliphatic carbocycles. The molecule has 0 bridgehead atoms. The normalized spacial score (nSPS) is 17.2. The number of β-lactam (4-membered cyclic amide) rings is 1. The van der Waals surface area contributed by atoms with Crippen molar-refractivity contribution in [1.29, 1.82) is 0 Å². The smallest absolute Gasteiger partial charge is 0.355 e. The number of fused-ring (bicyclic) bond motifs is 1. The number of nitrogens with one attached hydrogen (secondary N) is 1. The standard InChI is InChI=1S/C35H31N3O7S2/c1-42-25-13-8-22(9-14-25)19-44-35(41)32-24(12-17-27-18-29(37-45-27)23-10-15-26(43-2)16-11-23)20-47-34-31(33(40)38(32)34)36-30(39)21-46-28-6-4-3-5-7-28/h3-18,31,34H,19-21H2,1-2H3,(H,36,39)/b17-12+/t31-,34-/m1/s1. The predicted octanol–water partition coefficient (Wildman–Crippen LogP) is 5.56. The Bertz CT molecular complexity index is 1800. The molecule has 1 N–H and O–H groups in total. The number of carbonyl (C=O) groups excluding carboxylic acids is 3. The highest BCUT2D eigenvalue weighted by atomic mass is 32.2. The molecule has 2 aliphatic rings. The summed E-state index contributed by atoms with van der Waals surface area (Å²) in [6.45, 7) is 0.00730. The summed E-state index contributed by atoms with van der Waals surface area (Å²) in [5, 5.41) is 6.57. The van der Waals surface area contributed by atoms with Crippen LogP contribution in [0.25, 0.3) is 17.3 Å². The molecule has 0 spiro atoms. The predicted molar refractivity (Wildman–Crippen MR) is 180 cm³/mol. The second-order valence-electron chi connectivity index (χ2n) is 10.5. The zero-order valence-electron chi connectivity index (χ0n) is 25.6. The zero-order valence-corrected chi connectivity index (χ0v) is 27.2. The Morgan fingerprint density at radius 3 is 2.40 bits per heavy atom. The number of nitrogens with zero attached hydrogens (tertiary/aromatic N) is 2. The van der Waals surface area contributed by atoms with Gasteiger partial charge in [0.2, 0.25) is 5.91 Å². The third-order valence-electron chi connectivity index (χ3n) is 7.51. The molecule has 0 radical (unpaired) electrons. The number of methoxy groups -OCH3 is 2. The van der Waals surface area contributed by atoms with Crippen LogP contribution in [0, 0.1) is 0 Å². The van der Waals surface area contributed by atoms with Crippen molar-refractivity contribution in [3.63, 3.8) is 0 Å². The van der Waals surface area contributed by atoms with E-state index >= 15 is 0 Å². The van der Waals surface area contributed by atoms with Crippen LogP contribution in [0.3, 0.4) is 0 Å². The largest absolute Gasteiger partial charge is 0.497 e. The lowest BCUT2D eigenvalue weighted by Gasteiger charge is -2.49. The fourth-order valence-electron chi connectivity index (χ4n) is 5.03. The SMILES string of the molecule is COc1ccc(COC(=O)C2=C(/C=C/c3cc(-c4ccc(OC)cc4)no3)CS[C@@H]3[C@H](NC(=O)CSc4ccccc4)C(=O)N23)cc1. The highest BCUT2D eigenvalue weighted by Gasteiger charge is 2.54. The fourth-order valence-corrected chi connectivity index (χ4v) is 7.08. The van der Waals surface area contributed by atoms with Crippen molar-refractivity contribution < 1.29 is 33.1 Å². The second-order valence-corrected chi connectivity index (χ2v) is 12.7. The van der Waals surface area contributed by atoms with E-state index in [9.17, 15) is 14.4 Å². The number of carbonyl (C=O) groups is 3. The van der Waals surface area contributed by atoms with E-state index in [4.69, 9.17) is 18.7 Å². The molecule has 1 aromatic heterocycles. The Kier molecular flexibility index (Phi) is 9.98. The van der Waals surface area contributed by atoms with Crippen molar-refractivity contribution in [2.24, 2.45) is 0 Å². The highest BCUT2D eigenvalue weighted by Crippen LogP contribution is 2.41. The molecule has 3 aromatic carbocycles. The molecule has 2 amide bonds. The lowest BCUT2D eigenvalue weighted by molar-refractivity contribution is -0.153. The number of thioether (sulfide) groups is 2. The fraction of sp³-hybridized carbons (Fsp3) is 0.200. The van der Waals surface area contributed by atoms with Crippen LogP contribution < -0.4 is 14.8 Å². The lowest BCUT2D eigenvalue weighted by atomic mass is 10.0. The summed E-state index contributed by atoms with van der Waals surface area (Å²) in [5.41, 5.74) is 2.99. The van der Waals surface area contributed by atoms with Gasteiger partial charge in [0.25, 0.3) is 5.91 Å². The summed E-state index contributed by atoms with van der Waals surface area (Å²) in [6, 6.07) is 25.2. The Balaban J connectivity index is 1.19. The van der Waals surface area contributed by atoms with Crippen LogP contribution in [-0.2, 0) is 25.7 Å². The monoisotopic (exact) mass is 669 g/mol. The molecular formula is C35H31N3O7S2. The van der Waals surface area contributed by atoms with Gasteiger partial charge in [-0.3, -0.25) is 14.5 Å². The van der Waals surface area contributed by atoms with Crippen molar-refractivity contribution >= 4 is 47.4 Å².